The number of benzene rings is 4. The van der Waals surface area contributed by atoms with Gasteiger partial charge >= 0.3 is 0 Å². The Bertz CT molecular complexity index is 1570. The average molecular weight is 578 g/mol. The Morgan fingerprint density at radius 3 is 1.95 bits per heavy atom. The summed E-state index contributed by atoms with van der Waals surface area (Å²) in [5.74, 6) is 3.67. The van der Waals surface area contributed by atoms with Gasteiger partial charge in [0.15, 0.2) is 0 Å². The van der Waals surface area contributed by atoms with Crippen molar-refractivity contribution in [1.29, 1.82) is 0 Å². The highest BCUT2D eigenvalue weighted by molar-refractivity contribution is 7.96. The molecular weight excluding hydrogens is 538 g/mol. The van der Waals surface area contributed by atoms with Gasteiger partial charge in [0.2, 0.25) is 0 Å². The van der Waals surface area contributed by atoms with Gasteiger partial charge in [-0.1, -0.05) is 78.7 Å². The fraction of sp³-hybridized carbons (Fsp3) is 0.250. The number of fused-ring (bicyclic) bond motifs is 1. The average Bonchev–Trinajstić information content (AvgIpc) is 3.34. The monoisotopic (exact) mass is 577 g/mol. The molecule has 0 unspecified atom stereocenters. The molecular formula is C36H39N3O2S. The predicted octanol–water partition coefficient (Wildman–Crippen LogP) is 8.40. The number of hydrogen-bond donors (Lipinski definition) is 0. The molecule has 0 saturated heterocycles. The van der Waals surface area contributed by atoms with Crippen molar-refractivity contribution in [2.24, 2.45) is 0 Å². The van der Waals surface area contributed by atoms with Gasteiger partial charge in [0, 0.05) is 24.9 Å². The van der Waals surface area contributed by atoms with Crippen molar-refractivity contribution in [2.45, 2.75) is 39.1 Å². The van der Waals surface area contributed by atoms with Crippen LogP contribution in [-0.2, 0) is 12.3 Å². The zero-order valence-electron chi connectivity index (χ0n) is 25.1. The van der Waals surface area contributed by atoms with Crippen LogP contribution < -0.4 is 9.47 Å². The summed E-state index contributed by atoms with van der Waals surface area (Å²) in [6, 6.07) is 34.3. The molecule has 0 bridgehead atoms. The lowest BCUT2D eigenvalue weighted by Gasteiger charge is -2.24. The van der Waals surface area contributed by atoms with E-state index in [0.717, 1.165) is 52.8 Å². The van der Waals surface area contributed by atoms with Crippen molar-refractivity contribution >= 4 is 28.6 Å². The van der Waals surface area contributed by atoms with Gasteiger partial charge in [-0.05, 0) is 85.0 Å². The zero-order chi connectivity index (χ0) is 29.5. The van der Waals surface area contributed by atoms with E-state index < -0.39 is 0 Å². The van der Waals surface area contributed by atoms with Crippen molar-refractivity contribution in [3.63, 3.8) is 0 Å². The Balaban J connectivity index is 1.28. The number of methoxy groups -OCH3 is 2. The van der Waals surface area contributed by atoms with Crippen LogP contribution in [0.25, 0.3) is 16.6 Å². The Morgan fingerprint density at radius 1 is 0.810 bits per heavy atom. The number of aromatic nitrogens is 2. The number of imidazole rings is 1. The minimum atomic E-state index is 0.385. The molecule has 0 atom stereocenters. The van der Waals surface area contributed by atoms with Gasteiger partial charge in [-0.2, -0.15) is 0 Å². The first-order valence-electron chi connectivity index (χ1n) is 14.3. The fourth-order valence-electron chi connectivity index (χ4n) is 5.01. The van der Waals surface area contributed by atoms with Gasteiger partial charge in [-0.25, -0.2) is 9.29 Å². The third kappa shape index (κ3) is 7.07. The van der Waals surface area contributed by atoms with Gasteiger partial charge in [0.1, 0.15) is 17.3 Å². The van der Waals surface area contributed by atoms with E-state index in [4.69, 9.17) is 14.5 Å². The summed E-state index contributed by atoms with van der Waals surface area (Å²) in [5, 5.41) is 0. The highest BCUT2D eigenvalue weighted by Crippen LogP contribution is 2.29. The quantitative estimate of drug-likeness (QED) is 0.139. The summed E-state index contributed by atoms with van der Waals surface area (Å²) in [6.07, 6.45) is 2.33. The van der Waals surface area contributed by atoms with Crippen LogP contribution in [0.2, 0.25) is 0 Å². The van der Waals surface area contributed by atoms with Crippen LogP contribution in [0, 0.1) is 6.92 Å². The molecule has 216 valence electrons. The van der Waals surface area contributed by atoms with E-state index in [9.17, 15) is 0 Å². The maximum absolute atomic E-state index is 5.39. The van der Waals surface area contributed by atoms with Crippen molar-refractivity contribution in [1.82, 2.24) is 13.9 Å². The van der Waals surface area contributed by atoms with Gasteiger partial charge < -0.3 is 14.0 Å². The molecule has 42 heavy (non-hydrogen) atoms. The molecule has 5 aromatic rings. The van der Waals surface area contributed by atoms with Crippen molar-refractivity contribution in [3.8, 4) is 11.5 Å². The zero-order valence-corrected chi connectivity index (χ0v) is 25.9. The molecule has 4 aromatic carbocycles. The standard InChI is InChI=1S/C36H39N3O2S/c1-26(2)39(23-22-34(30-14-18-32(40-4)19-15-30)31-16-20-33(41-5)21-17-31)42-25-29-12-10-28(11-13-29)24-38-27(3)37-35-8-6-7-9-36(35)38/h6-22,26H,23-25H2,1-5H3. The third-order valence-corrected chi connectivity index (χ3v) is 8.82. The van der Waals surface area contributed by atoms with Crippen molar-refractivity contribution in [2.75, 3.05) is 20.8 Å². The van der Waals surface area contributed by atoms with E-state index in [1.807, 2.05) is 42.3 Å². The van der Waals surface area contributed by atoms with E-state index >= 15 is 0 Å². The molecule has 0 fully saturated rings. The largest absolute Gasteiger partial charge is 0.497 e. The maximum Gasteiger partial charge on any atom is 0.118 e. The number of rotatable bonds is 12. The van der Waals surface area contributed by atoms with Gasteiger partial charge in [-0.3, -0.25) is 0 Å². The first-order valence-corrected chi connectivity index (χ1v) is 15.3. The van der Waals surface area contributed by atoms with E-state index in [1.54, 1.807) is 14.2 Å². The van der Waals surface area contributed by atoms with Crippen LogP contribution in [0.5, 0.6) is 11.5 Å². The molecule has 0 saturated carbocycles. The third-order valence-electron chi connectivity index (χ3n) is 7.46. The first kappa shape index (κ1) is 29.5. The normalized spacial score (nSPS) is 11.3. The molecule has 6 heteroatoms. The Kier molecular flexibility index (Phi) is 9.67. The van der Waals surface area contributed by atoms with Crippen molar-refractivity contribution in [3.05, 3.63) is 131 Å². The van der Waals surface area contributed by atoms with Crippen LogP contribution >= 0.6 is 11.9 Å². The number of nitrogens with zero attached hydrogens (tertiary/aromatic N) is 3. The Labute approximate surface area is 253 Å². The van der Waals surface area contributed by atoms with Gasteiger partial charge in [0.05, 0.1) is 25.3 Å². The lowest BCUT2D eigenvalue weighted by molar-refractivity contribution is 0.414. The number of ether oxygens (including phenoxy) is 2. The predicted molar refractivity (Wildman–Crippen MR) is 176 cm³/mol. The molecule has 0 radical (unpaired) electrons. The molecule has 0 spiro atoms. The summed E-state index contributed by atoms with van der Waals surface area (Å²) < 4.78 is 15.5. The molecule has 0 amide bonds. The highest BCUT2D eigenvalue weighted by atomic mass is 32.2. The van der Waals surface area contributed by atoms with Crippen LogP contribution in [0.4, 0.5) is 0 Å². The van der Waals surface area contributed by atoms with Crippen LogP contribution in [0.1, 0.15) is 41.9 Å². The number of aryl methyl sites for hydroxylation is 1. The van der Waals surface area contributed by atoms with Crippen molar-refractivity contribution < 1.29 is 9.47 Å². The summed E-state index contributed by atoms with van der Waals surface area (Å²) in [6.45, 7) is 8.22. The van der Waals surface area contributed by atoms with E-state index in [-0.39, 0.29) is 0 Å². The second-order valence-corrected chi connectivity index (χ2v) is 11.6. The van der Waals surface area contributed by atoms with E-state index in [0.29, 0.717) is 6.04 Å². The summed E-state index contributed by atoms with van der Waals surface area (Å²) in [7, 11) is 3.39. The number of para-hydroxylation sites is 2. The second-order valence-electron chi connectivity index (χ2n) is 10.6. The van der Waals surface area contributed by atoms with Crippen LogP contribution in [-0.4, -0.2) is 40.7 Å². The molecule has 0 aliphatic carbocycles. The van der Waals surface area contributed by atoms with Crippen LogP contribution in [0.15, 0.2) is 103 Å². The molecule has 0 N–H and O–H groups in total. The SMILES string of the molecule is COc1ccc(C(=CCN(SCc2ccc(Cn3c(C)nc4ccccc43)cc2)C(C)C)c2ccc(OC)cc2)cc1. The fourth-order valence-corrected chi connectivity index (χ4v) is 6.00. The molecule has 0 aliphatic heterocycles. The lowest BCUT2D eigenvalue weighted by Crippen LogP contribution is -2.24. The minimum Gasteiger partial charge on any atom is -0.497 e. The summed E-state index contributed by atoms with van der Waals surface area (Å²) in [4.78, 5) is 4.71. The maximum atomic E-state index is 5.39. The topological polar surface area (TPSA) is 39.5 Å². The molecule has 1 aromatic heterocycles. The van der Waals surface area contributed by atoms with Gasteiger partial charge in [0.25, 0.3) is 0 Å². The number of hydrogen-bond acceptors (Lipinski definition) is 5. The molecule has 1 heterocycles. The molecule has 5 nitrogen and oxygen atoms in total. The van der Waals surface area contributed by atoms with E-state index in [1.165, 1.54) is 22.2 Å². The molecule has 0 aliphatic rings. The smallest absolute Gasteiger partial charge is 0.118 e. The Hall–Kier alpha value is -4.00. The van der Waals surface area contributed by atoms with Crippen LogP contribution in [0.3, 0.4) is 0 Å². The molecule has 5 rings (SSSR count). The first-order chi connectivity index (χ1) is 20.4. The second kappa shape index (κ2) is 13.8. The Morgan fingerprint density at radius 2 is 1.38 bits per heavy atom. The summed E-state index contributed by atoms with van der Waals surface area (Å²) >= 11 is 1.88. The van der Waals surface area contributed by atoms with Gasteiger partial charge in [-0.15, -0.1) is 0 Å². The summed E-state index contributed by atoms with van der Waals surface area (Å²) in [5.41, 5.74) is 8.33. The lowest BCUT2D eigenvalue weighted by atomic mass is 9.97. The highest BCUT2D eigenvalue weighted by Gasteiger charge is 2.13. The minimum absolute atomic E-state index is 0.385. The van der Waals surface area contributed by atoms with E-state index in [2.05, 4.69) is 102 Å².